The zero-order chi connectivity index (χ0) is 16.3. The molecule has 0 fully saturated rings. The predicted octanol–water partition coefficient (Wildman–Crippen LogP) is 3.52. The van der Waals surface area contributed by atoms with Gasteiger partial charge >= 0.3 is 0 Å². The van der Waals surface area contributed by atoms with Crippen LogP contribution in [0.4, 0.5) is 0 Å². The van der Waals surface area contributed by atoms with Crippen molar-refractivity contribution in [2.75, 3.05) is 6.54 Å². The number of aryl methyl sites for hydroxylation is 1. The first-order valence-corrected chi connectivity index (χ1v) is 9.12. The first-order valence-electron chi connectivity index (χ1n) is 7.64. The van der Waals surface area contributed by atoms with Crippen molar-refractivity contribution < 1.29 is 12.8 Å². The van der Waals surface area contributed by atoms with E-state index in [4.69, 9.17) is 4.42 Å². The van der Waals surface area contributed by atoms with Crippen LogP contribution in [0.15, 0.2) is 64.1 Å². The number of furan rings is 1. The van der Waals surface area contributed by atoms with Crippen molar-refractivity contribution in [1.29, 1.82) is 0 Å². The normalized spacial score (nSPS) is 11.9. The van der Waals surface area contributed by atoms with Gasteiger partial charge in [0.25, 0.3) is 0 Å². The summed E-state index contributed by atoms with van der Waals surface area (Å²) in [6, 6.07) is 14.7. The molecule has 1 aromatic heterocycles. The highest BCUT2D eigenvalue weighted by atomic mass is 32.2. The molecule has 1 N–H and O–H groups in total. The molecule has 1 heterocycles. The molecule has 0 unspecified atom stereocenters. The lowest BCUT2D eigenvalue weighted by Crippen LogP contribution is -2.25. The predicted molar refractivity (Wildman–Crippen MR) is 90.9 cm³/mol. The van der Waals surface area contributed by atoms with Gasteiger partial charge in [0.2, 0.25) is 10.0 Å². The molecule has 0 saturated heterocycles. The summed E-state index contributed by atoms with van der Waals surface area (Å²) in [7, 11) is -3.47. The Morgan fingerprint density at radius 2 is 1.78 bits per heavy atom. The standard InChI is InChI=1S/C18H19NO3S/c1-2-14-7-9-16(10-8-14)23(20,21)19-12-11-15-13-22-18-6-4-3-5-17(15)18/h3-10,13,19H,2,11-12H2,1H3. The van der Waals surface area contributed by atoms with Crippen LogP contribution in [0, 0.1) is 0 Å². The van der Waals surface area contributed by atoms with Gasteiger partial charge in [-0.1, -0.05) is 37.3 Å². The minimum atomic E-state index is -3.47. The van der Waals surface area contributed by atoms with Crippen molar-refractivity contribution in [2.45, 2.75) is 24.7 Å². The number of sulfonamides is 1. The average molecular weight is 329 g/mol. The Bertz CT molecular complexity index is 895. The molecule has 0 atom stereocenters. The average Bonchev–Trinajstić information content (AvgIpc) is 2.98. The van der Waals surface area contributed by atoms with Crippen LogP contribution >= 0.6 is 0 Å². The quantitative estimate of drug-likeness (QED) is 0.753. The third-order valence-electron chi connectivity index (χ3n) is 3.89. The lowest BCUT2D eigenvalue weighted by molar-refractivity contribution is 0.580. The fourth-order valence-electron chi connectivity index (χ4n) is 2.53. The van der Waals surface area contributed by atoms with E-state index in [1.165, 1.54) is 0 Å². The molecular weight excluding hydrogens is 310 g/mol. The van der Waals surface area contributed by atoms with Crippen LogP contribution in [0.3, 0.4) is 0 Å². The second-order valence-electron chi connectivity index (χ2n) is 5.40. The third kappa shape index (κ3) is 3.46. The van der Waals surface area contributed by atoms with Gasteiger partial charge in [-0.2, -0.15) is 0 Å². The summed E-state index contributed by atoms with van der Waals surface area (Å²) >= 11 is 0. The van der Waals surface area contributed by atoms with Crippen molar-refractivity contribution in [2.24, 2.45) is 0 Å². The summed E-state index contributed by atoms with van der Waals surface area (Å²) in [6.45, 7) is 2.37. The molecule has 3 aromatic rings. The maximum absolute atomic E-state index is 12.3. The molecule has 0 aliphatic heterocycles. The van der Waals surface area contributed by atoms with E-state index in [9.17, 15) is 8.42 Å². The maximum Gasteiger partial charge on any atom is 0.240 e. The van der Waals surface area contributed by atoms with Gasteiger partial charge in [0.1, 0.15) is 5.58 Å². The van der Waals surface area contributed by atoms with Crippen molar-refractivity contribution in [1.82, 2.24) is 4.72 Å². The molecule has 120 valence electrons. The van der Waals surface area contributed by atoms with E-state index in [0.717, 1.165) is 28.5 Å². The van der Waals surface area contributed by atoms with Gasteiger partial charge in [-0.05, 0) is 42.2 Å². The fraction of sp³-hybridized carbons (Fsp3) is 0.222. The molecular formula is C18H19NO3S. The van der Waals surface area contributed by atoms with Crippen LogP contribution in [-0.2, 0) is 22.9 Å². The van der Waals surface area contributed by atoms with Crippen LogP contribution in [0.2, 0.25) is 0 Å². The van der Waals surface area contributed by atoms with Crippen molar-refractivity contribution in [3.05, 3.63) is 65.9 Å². The second-order valence-corrected chi connectivity index (χ2v) is 7.17. The van der Waals surface area contributed by atoms with Crippen LogP contribution in [-0.4, -0.2) is 15.0 Å². The Labute approximate surface area is 136 Å². The fourth-order valence-corrected chi connectivity index (χ4v) is 3.57. The molecule has 0 amide bonds. The Hall–Kier alpha value is -2.11. The highest BCUT2D eigenvalue weighted by molar-refractivity contribution is 7.89. The Balaban J connectivity index is 1.67. The van der Waals surface area contributed by atoms with Crippen LogP contribution < -0.4 is 4.72 Å². The van der Waals surface area contributed by atoms with Crippen molar-refractivity contribution in [3.8, 4) is 0 Å². The van der Waals surface area contributed by atoms with Crippen LogP contribution in [0.5, 0.6) is 0 Å². The van der Waals surface area contributed by atoms with Crippen molar-refractivity contribution >= 4 is 21.0 Å². The summed E-state index contributed by atoms with van der Waals surface area (Å²) in [5.41, 5.74) is 2.94. The molecule has 0 aliphatic carbocycles. The largest absolute Gasteiger partial charge is 0.464 e. The zero-order valence-electron chi connectivity index (χ0n) is 13.0. The van der Waals surface area contributed by atoms with Crippen LogP contribution in [0.1, 0.15) is 18.1 Å². The Kier molecular flexibility index (Phi) is 4.50. The minimum Gasteiger partial charge on any atom is -0.464 e. The first-order chi connectivity index (χ1) is 11.1. The summed E-state index contributed by atoms with van der Waals surface area (Å²) in [4.78, 5) is 0.298. The Morgan fingerprint density at radius 1 is 1.04 bits per heavy atom. The molecule has 0 radical (unpaired) electrons. The number of para-hydroxylation sites is 1. The summed E-state index contributed by atoms with van der Waals surface area (Å²) < 4.78 is 32.7. The van der Waals surface area contributed by atoms with E-state index in [1.807, 2.05) is 43.3 Å². The van der Waals surface area contributed by atoms with Gasteiger partial charge in [-0.3, -0.25) is 0 Å². The van der Waals surface area contributed by atoms with E-state index < -0.39 is 10.0 Å². The number of hydrogen-bond acceptors (Lipinski definition) is 3. The molecule has 23 heavy (non-hydrogen) atoms. The first kappa shape index (κ1) is 15.8. The van der Waals surface area contributed by atoms with Gasteiger partial charge in [0.15, 0.2) is 0 Å². The van der Waals surface area contributed by atoms with Crippen LogP contribution in [0.25, 0.3) is 11.0 Å². The van der Waals surface area contributed by atoms with Gasteiger partial charge in [-0.25, -0.2) is 13.1 Å². The molecule has 0 spiro atoms. The number of hydrogen-bond donors (Lipinski definition) is 1. The minimum absolute atomic E-state index is 0.298. The lowest BCUT2D eigenvalue weighted by Gasteiger charge is -2.07. The zero-order valence-corrected chi connectivity index (χ0v) is 13.8. The number of rotatable bonds is 6. The van der Waals surface area contributed by atoms with Gasteiger partial charge in [0, 0.05) is 11.9 Å². The van der Waals surface area contributed by atoms with E-state index >= 15 is 0 Å². The maximum atomic E-state index is 12.3. The Morgan fingerprint density at radius 3 is 2.52 bits per heavy atom. The second kappa shape index (κ2) is 6.56. The number of nitrogens with one attached hydrogen (secondary N) is 1. The molecule has 4 nitrogen and oxygen atoms in total. The van der Waals surface area contributed by atoms with Gasteiger partial charge in [0.05, 0.1) is 11.2 Å². The highest BCUT2D eigenvalue weighted by Gasteiger charge is 2.13. The topological polar surface area (TPSA) is 59.3 Å². The van der Waals surface area contributed by atoms with E-state index in [1.54, 1.807) is 18.4 Å². The molecule has 0 saturated carbocycles. The molecule has 5 heteroatoms. The van der Waals surface area contributed by atoms with Crippen molar-refractivity contribution in [3.63, 3.8) is 0 Å². The lowest BCUT2D eigenvalue weighted by atomic mass is 10.1. The number of fused-ring (bicyclic) bond motifs is 1. The van der Waals surface area contributed by atoms with E-state index in [-0.39, 0.29) is 0 Å². The number of benzene rings is 2. The third-order valence-corrected chi connectivity index (χ3v) is 5.37. The SMILES string of the molecule is CCc1ccc(S(=O)(=O)NCCc2coc3ccccc23)cc1. The highest BCUT2D eigenvalue weighted by Crippen LogP contribution is 2.21. The molecule has 0 aliphatic rings. The molecule has 2 aromatic carbocycles. The summed E-state index contributed by atoms with van der Waals surface area (Å²) in [6.07, 6.45) is 3.17. The summed E-state index contributed by atoms with van der Waals surface area (Å²) in [5.74, 6) is 0. The summed E-state index contributed by atoms with van der Waals surface area (Å²) in [5, 5.41) is 1.03. The van der Waals surface area contributed by atoms with E-state index in [0.29, 0.717) is 17.9 Å². The smallest absolute Gasteiger partial charge is 0.240 e. The van der Waals surface area contributed by atoms with E-state index in [2.05, 4.69) is 4.72 Å². The monoisotopic (exact) mass is 329 g/mol. The molecule has 3 rings (SSSR count). The molecule has 0 bridgehead atoms. The van der Waals surface area contributed by atoms with Gasteiger partial charge in [-0.15, -0.1) is 0 Å². The van der Waals surface area contributed by atoms with Gasteiger partial charge < -0.3 is 4.42 Å².